The number of aryl methyl sites for hydroxylation is 1. The van der Waals surface area contributed by atoms with Crippen molar-refractivity contribution < 1.29 is 24.0 Å². The van der Waals surface area contributed by atoms with Crippen molar-refractivity contribution in [2.24, 2.45) is 0 Å². The fourth-order valence-electron chi connectivity index (χ4n) is 1.75. The van der Waals surface area contributed by atoms with E-state index in [4.69, 9.17) is 25.9 Å². The van der Waals surface area contributed by atoms with E-state index in [-0.39, 0.29) is 40.2 Å². The van der Waals surface area contributed by atoms with Crippen molar-refractivity contribution in [2.45, 2.75) is 13.5 Å². The zero-order chi connectivity index (χ0) is 15.6. The Labute approximate surface area is 123 Å². The normalized spacial score (nSPS) is 10.4. The predicted molar refractivity (Wildman–Crippen MR) is 72.8 cm³/mol. The molecule has 1 aromatic heterocycles. The van der Waals surface area contributed by atoms with E-state index in [0.717, 1.165) is 0 Å². The number of benzene rings is 1. The van der Waals surface area contributed by atoms with Crippen LogP contribution >= 0.6 is 11.6 Å². The second-order valence-electron chi connectivity index (χ2n) is 4.12. The standard InChI is InChI=1S/C13H10ClNO6/c1-7-9(13(16)17)5-8(21-7)6-20-12-10(14)3-2-4-11(12)15(18)19/h2-5H,6H2,1H3,(H,16,17). The van der Waals surface area contributed by atoms with Crippen LogP contribution in [0.1, 0.15) is 21.9 Å². The maximum atomic E-state index is 10.9. The summed E-state index contributed by atoms with van der Waals surface area (Å²) in [6.07, 6.45) is 0. The highest BCUT2D eigenvalue weighted by Gasteiger charge is 2.20. The van der Waals surface area contributed by atoms with E-state index in [1.807, 2.05) is 0 Å². The number of carboxylic acid groups (broad SMARTS) is 1. The molecular formula is C13H10ClNO6. The number of furan rings is 1. The summed E-state index contributed by atoms with van der Waals surface area (Å²) >= 11 is 5.87. The molecule has 0 fully saturated rings. The number of carboxylic acids is 1. The number of para-hydroxylation sites is 1. The largest absolute Gasteiger partial charge is 0.478 e. The van der Waals surface area contributed by atoms with Gasteiger partial charge in [0.1, 0.15) is 23.7 Å². The van der Waals surface area contributed by atoms with Crippen LogP contribution in [0.3, 0.4) is 0 Å². The highest BCUT2D eigenvalue weighted by atomic mass is 35.5. The van der Waals surface area contributed by atoms with Crippen LogP contribution in [0.4, 0.5) is 5.69 Å². The van der Waals surface area contributed by atoms with Gasteiger partial charge in [0, 0.05) is 6.07 Å². The minimum atomic E-state index is -1.12. The Morgan fingerprint density at radius 1 is 1.52 bits per heavy atom. The smallest absolute Gasteiger partial charge is 0.339 e. The van der Waals surface area contributed by atoms with Crippen molar-refractivity contribution in [2.75, 3.05) is 0 Å². The van der Waals surface area contributed by atoms with Crippen LogP contribution in [-0.2, 0) is 6.61 Å². The highest BCUT2D eigenvalue weighted by molar-refractivity contribution is 6.32. The van der Waals surface area contributed by atoms with E-state index >= 15 is 0 Å². The molecule has 0 saturated heterocycles. The van der Waals surface area contributed by atoms with Crippen LogP contribution in [0.5, 0.6) is 5.75 Å². The molecule has 0 spiro atoms. The lowest BCUT2D eigenvalue weighted by Gasteiger charge is -2.06. The van der Waals surface area contributed by atoms with Crippen molar-refractivity contribution in [3.8, 4) is 5.75 Å². The molecule has 8 heteroatoms. The third-order valence-electron chi connectivity index (χ3n) is 2.70. The number of nitro benzene ring substituents is 1. The van der Waals surface area contributed by atoms with E-state index in [9.17, 15) is 14.9 Å². The number of halogens is 1. The number of ether oxygens (including phenoxy) is 1. The van der Waals surface area contributed by atoms with Gasteiger partial charge < -0.3 is 14.3 Å². The molecule has 2 rings (SSSR count). The van der Waals surface area contributed by atoms with E-state index in [0.29, 0.717) is 0 Å². The van der Waals surface area contributed by atoms with Gasteiger partial charge in [-0.15, -0.1) is 0 Å². The molecule has 2 aromatic rings. The summed E-state index contributed by atoms with van der Waals surface area (Å²) < 4.78 is 10.5. The molecule has 0 unspecified atom stereocenters. The zero-order valence-corrected chi connectivity index (χ0v) is 11.6. The minimum Gasteiger partial charge on any atom is -0.478 e. The van der Waals surface area contributed by atoms with Gasteiger partial charge in [0.2, 0.25) is 5.75 Å². The first-order valence-corrected chi connectivity index (χ1v) is 6.16. The lowest BCUT2D eigenvalue weighted by atomic mass is 10.2. The van der Waals surface area contributed by atoms with Crippen LogP contribution in [0.2, 0.25) is 5.02 Å². The van der Waals surface area contributed by atoms with Gasteiger partial charge in [0.05, 0.1) is 9.95 Å². The Morgan fingerprint density at radius 3 is 2.81 bits per heavy atom. The van der Waals surface area contributed by atoms with Gasteiger partial charge in [0.15, 0.2) is 0 Å². The Hall–Kier alpha value is -2.54. The van der Waals surface area contributed by atoms with Gasteiger partial charge in [-0.25, -0.2) is 4.79 Å². The summed E-state index contributed by atoms with van der Waals surface area (Å²) in [4.78, 5) is 21.2. The summed E-state index contributed by atoms with van der Waals surface area (Å²) in [6.45, 7) is 1.34. The number of hydrogen-bond donors (Lipinski definition) is 1. The summed E-state index contributed by atoms with van der Waals surface area (Å²) in [7, 11) is 0. The maximum absolute atomic E-state index is 10.9. The summed E-state index contributed by atoms with van der Waals surface area (Å²) in [6, 6.07) is 5.46. The molecule has 0 saturated carbocycles. The Bertz CT molecular complexity index is 709. The monoisotopic (exact) mass is 311 g/mol. The number of hydrogen-bond acceptors (Lipinski definition) is 5. The third-order valence-corrected chi connectivity index (χ3v) is 3.00. The number of nitrogens with zero attached hydrogens (tertiary/aromatic N) is 1. The number of carbonyl (C=O) groups is 1. The highest BCUT2D eigenvalue weighted by Crippen LogP contribution is 2.35. The molecule has 0 bridgehead atoms. The van der Waals surface area contributed by atoms with Gasteiger partial charge in [-0.1, -0.05) is 17.7 Å². The fraction of sp³-hybridized carbons (Fsp3) is 0.154. The third kappa shape index (κ3) is 3.14. The molecule has 0 amide bonds. The quantitative estimate of drug-likeness (QED) is 0.670. The van der Waals surface area contributed by atoms with Gasteiger partial charge in [-0.3, -0.25) is 10.1 Å². The average molecular weight is 312 g/mol. The van der Waals surface area contributed by atoms with Gasteiger partial charge >= 0.3 is 11.7 Å². The lowest BCUT2D eigenvalue weighted by molar-refractivity contribution is -0.385. The van der Waals surface area contributed by atoms with Gasteiger partial charge in [0.25, 0.3) is 0 Å². The van der Waals surface area contributed by atoms with Crippen LogP contribution in [0.15, 0.2) is 28.7 Å². The molecule has 0 aliphatic carbocycles. The average Bonchev–Trinajstić information content (AvgIpc) is 2.78. The molecule has 1 aromatic carbocycles. The van der Waals surface area contributed by atoms with Crippen molar-refractivity contribution in [3.05, 3.63) is 56.5 Å². The predicted octanol–water partition coefficient (Wildman–Crippen LogP) is 3.43. The van der Waals surface area contributed by atoms with Crippen LogP contribution in [0, 0.1) is 17.0 Å². The van der Waals surface area contributed by atoms with Crippen molar-refractivity contribution in [1.29, 1.82) is 0 Å². The molecule has 1 heterocycles. The van der Waals surface area contributed by atoms with E-state index in [1.165, 1.54) is 31.2 Å². The molecule has 1 N–H and O–H groups in total. The Morgan fingerprint density at radius 2 is 2.24 bits per heavy atom. The van der Waals surface area contributed by atoms with Crippen LogP contribution in [0.25, 0.3) is 0 Å². The van der Waals surface area contributed by atoms with E-state index in [1.54, 1.807) is 0 Å². The molecule has 0 aliphatic rings. The molecule has 21 heavy (non-hydrogen) atoms. The van der Waals surface area contributed by atoms with Crippen molar-refractivity contribution in [1.82, 2.24) is 0 Å². The first kappa shape index (κ1) is 14.9. The Balaban J connectivity index is 2.23. The minimum absolute atomic E-state index is 0.0160. The zero-order valence-electron chi connectivity index (χ0n) is 10.8. The second-order valence-corrected chi connectivity index (χ2v) is 4.53. The number of nitro groups is 1. The van der Waals surface area contributed by atoms with Crippen molar-refractivity contribution >= 4 is 23.3 Å². The van der Waals surface area contributed by atoms with E-state index in [2.05, 4.69) is 0 Å². The number of rotatable bonds is 5. The van der Waals surface area contributed by atoms with Gasteiger partial charge in [-0.05, 0) is 19.1 Å². The summed E-state index contributed by atoms with van der Waals surface area (Å²) in [5.41, 5.74) is -0.258. The van der Waals surface area contributed by atoms with Crippen LogP contribution < -0.4 is 4.74 Å². The van der Waals surface area contributed by atoms with Gasteiger partial charge in [-0.2, -0.15) is 0 Å². The molecule has 0 aliphatic heterocycles. The number of aromatic carboxylic acids is 1. The summed E-state index contributed by atoms with van der Waals surface area (Å²) in [5.74, 6) is -0.741. The second kappa shape index (κ2) is 5.84. The molecule has 0 radical (unpaired) electrons. The lowest BCUT2D eigenvalue weighted by Crippen LogP contribution is -1.99. The molecule has 7 nitrogen and oxygen atoms in total. The molecular weight excluding hydrogens is 302 g/mol. The first-order chi connectivity index (χ1) is 9.90. The van der Waals surface area contributed by atoms with Crippen LogP contribution in [-0.4, -0.2) is 16.0 Å². The van der Waals surface area contributed by atoms with Crippen molar-refractivity contribution in [3.63, 3.8) is 0 Å². The topological polar surface area (TPSA) is 103 Å². The molecule has 0 atom stereocenters. The first-order valence-electron chi connectivity index (χ1n) is 5.78. The molecule has 110 valence electrons. The SMILES string of the molecule is Cc1oc(COc2c(Cl)cccc2[N+](=O)[O-])cc1C(=O)O. The van der Waals surface area contributed by atoms with E-state index < -0.39 is 10.9 Å². The Kier molecular flexibility index (Phi) is 4.13. The summed E-state index contributed by atoms with van der Waals surface area (Å²) in [5, 5.41) is 19.9. The maximum Gasteiger partial charge on any atom is 0.339 e. The fourth-order valence-corrected chi connectivity index (χ4v) is 1.98.